The van der Waals surface area contributed by atoms with Gasteiger partial charge in [0.1, 0.15) is 5.75 Å². The highest BCUT2D eigenvalue weighted by Gasteiger charge is 2.35. The van der Waals surface area contributed by atoms with Crippen molar-refractivity contribution in [2.45, 2.75) is 12.0 Å². The van der Waals surface area contributed by atoms with Gasteiger partial charge in [-0.2, -0.15) is 0 Å². The minimum atomic E-state index is -0.498. The summed E-state index contributed by atoms with van der Waals surface area (Å²) in [5.41, 5.74) is 1.05. The molecule has 116 valence electrons. The summed E-state index contributed by atoms with van der Waals surface area (Å²) in [7, 11) is 4.99. The Kier molecular flexibility index (Phi) is 5.79. The van der Waals surface area contributed by atoms with E-state index in [0.29, 0.717) is 13.2 Å². The number of aliphatic hydroxyl groups is 1. The van der Waals surface area contributed by atoms with Crippen molar-refractivity contribution in [2.24, 2.45) is 11.8 Å². The topological polar surface area (TPSA) is 47.9 Å². The van der Waals surface area contributed by atoms with Crippen molar-refractivity contribution in [3.8, 4) is 5.75 Å². The van der Waals surface area contributed by atoms with Crippen molar-refractivity contribution >= 4 is 0 Å². The number of rotatable bonds is 6. The first-order valence-electron chi connectivity index (χ1n) is 7.19. The lowest BCUT2D eigenvalue weighted by Gasteiger charge is -2.36. The van der Waals surface area contributed by atoms with Gasteiger partial charge in [0.2, 0.25) is 0 Å². The Bertz CT molecular complexity index is 472. The van der Waals surface area contributed by atoms with E-state index in [9.17, 15) is 5.11 Å². The molecule has 0 heterocycles. The average molecular weight is 292 g/mol. The monoisotopic (exact) mass is 292 g/mol. The molecule has 21 heavy (non-hydrogen) atoms. The lowest BCUT2D eigenvalue weighted by atomic mass is 9.75. The van der Waals surface area contributed by atoms with E-state index in [0.717, 1.165) is 11.3 Å². The summed E-state index contributed by atoms with van der Waals surface area (Å²) < 4.78 is 15.8. The Morgan fingerprint density at radius 2 is 1.81 bits per heavy atom. The van der Waals surface area contributed by atoms with Crippen LogP contribution in [0, 0.1) is 11.8 Å². The fourth-order valence-corrected chi connectivity index (χ4v) is 2.98. The Morgan fingerprint density at radius 3 is 2.48 bits per heavy atom. The number of benzene rings is 1. The molecule has 2 rings (SSSR count). The van der Waals surface area contributed by atoms with Crippen LogP contribution in [0.2, 0.25) is 0 Å². The molecule has 4 heteroatoms. The number of hydrogen-bond donors (Lipinski definition) is 1. The summed E-state index contributed by atoms with van der Waals surface area (Å²) in [5, 5.41) is 10.7. The largest absolute Gasteiger partial charge is 0.497 e. The highest BCUT2D eigenvalue weighted by atomic mass is 16.5. The van der Waals surface area contributed by atoms with Crippen LogP contribution >= 0.6 is 0 Å². The van der Waals surface area contributed by atoms with Crippen LogP contribution in [0.1, 0.15) is 11.5 Å². The summed E-state index contributed by atoms with van der Waals surface area (Å²) >= 11 is 0. The first kappa shape index (κ1) is 16.0. The van der Waals surface area contributed by atoms with Gasteiger partial charge in [-0.15, -0.1) is 0 Å². The van der Waals surface area contributed by atoms with E-state index < -0.39 is 6.10 Å². The molecule has 0 radical (unpaired) electrons. The van der Waals surface area contributed by atoms with Gasteiger partial charge in [0, 0.05) is 32.0 Å². The molecular formula is C17H24O4. The second-order valence-electron chi connectivity index (χ2n) is 5.42. The summed E-state index contributed by atoms with van der Waals surface area (Å²) in [6.45, 7) is 1.10. The molecule has 0 fully saturated rings. The molecule has 0 saturated carbocycles. The van der Waals surface area contributed by atoms with Crippen molar-refractivity contribution in [1.82, 2.24) is 0 Å². The standard InChI is InChI=1S/C17H24O4/c1-19-10-13-7-8-15(17(18)16(13)11-20-2)12-5-4-6-14(9-12)21-3/h4-9,13,15-18H,10-11H2,1-3H3/t13-,15+,16+,17-/m1/s1. The maximum Gasteiger partial charge on any atom is 0.119 e. The molecule has 0 aromatic heterocycles. The van der Waals surface area contributed by atoms with Crippen LogP contribution in [-0.2, 0) is 9.47 Å². The molecule has 0 unspecified atom stereocenters. The first-order valence-corrected chi connectivity index (χ1v) is 7.19. The Hall–Kier alpha value is -1.36. The Morgan fingerprint density at radius 1 is 1.05 bits per heavy atom. The average Bonchev–Trinajstić information content (AvgIpc) is 2.51. The van der Waals surface area contributed by atoms with Crippen LogP contribution in [0.3, 0.4) is 0 Å². The molecule has 4 nitrogen and oxygen atoms in total. The van der Waals surface area contributed by atoms with Crippen LogP contribution in [0.5, 0.6) is 5.75 Å². The minimum Gasteiger partial charge on any atom is -0.497 e. The molecule has 0 saturated heterocycles. The number of ether oxygens (including phenoxy) is 3. The van der Waals surface area contributed by atoms with Crippen molar-refractivity contribution in [3.63, 3.8) is 0 Å². The lowest BCUT2D eigenvalue weighted by molar-refractivity contribution is -0.00585. The zero-order valence-electron chi connectivity index (χ0n) is 12.9. The van der Waals surface area contributed by atoms with Crippen LogP contribution < -0.4 is 4.74 Å². The highest BCUT2D eigenvalue weighted by Crippen LogP contribution is 2.36. The van der Waals surface area contributed by atoms with Gasteiger partial charge in [0.15, 0.2) is 0 Å². The van der Waals surface area contributed by atoms with E-state index >= 15 is 0 Å². The van der Waals surface area contributed by atoms with Gasteiger partial charge >= 0.3 is 0 Å². The third-order valence-electron chi connectivity index (χ3n) is 4.12. The van der Waals surface area contributed by atoms with Gasteiger partial charge in [-0.1, -0.05) is 24.3 Å². The van der Waals surface area contributed by atoms with E-state index in [-0.39, 0.29) is 17.8 Å². The van der Waals surface area contributed by atoms with Crippen LogP contribution in [0.25, 0.3) is 0 Å². The summed E-state index contributed by atoms with van der Waals surface area (Å²) in [4.78, 5) is 0. The van der Waals surface area contributed by atoms with Gasteiger partial charge in [-0.25, -0.2) is 0 Å². The van der Waals surface area contributed by atoms with Crippen LogP contribution in [-0.4, -0.2) is 45.8 Å². The van der Waals surface area contributed by atoms with Gasteiger partial charge < -0.3 is 19.3 Å². The highest BCUT2D eigenvalue weighted by molar-refractivity contribution is 5.35. The van der Waals surface area contributed by atoms with Crippen LogP contribution in [0.4, 0.5) is 0 Å². The summed E-state index contributed by atoms with van der Waals surface area (Å²) in [5.74, 6) is 0.951. The quantitative estimate of drug-likeness (QED) is 0.817. The first-order chi connectivity index (χ1) is 10.2. The van der Waals surface area contributed by atoms with E-state index in [2.05, 4.69) is 12.2 Å². The van der Waals surface area contributed by atoms with Crippen molar-refractivity contribution in [2.75, 3.05) is 34.5 Å². The van der Waals surface area contributed by atoms with Crippen molar-refractivity contribution in [3.05, 3.63) is 42.0 Å². The molecule has 1 aliphatic rings. The summed E-state index contributed by atoms with van der Waals surface area (Å²) in [6, 6.07) is 7.84. The summed E-state index contributed by atoms with van der Waals surface area (Å²) in [6.07, 6.45) is 3.70. The van der Waals surface area contributed by atoms with E-state index in [1.54, 1.807) is 21.3 Å². The molecular weight excluding hydrogens is 268 g/mol. The van der Waals surface area contributed by atoms with Gasteiger partial charge in [-0.05, 0) is 17.7 Å². The fraction of sp³-hybridized carbons (Fsp3) is 0.529. The third-order valence-corrected chi connectivity index (χ3v) is 4.12. The molecule has 0 bridgehead atoms. The number of methoxy groups -OCH3 is 3. The van der Waals surface area contributed by atoms with E-state index in [4.69, 9.17) is 14.2 Å². The van der Waals surface area contributed by atoms with E-state index in [1.165, 1.54) is 0 Å². The fourth-order valence-electron chi connectivity index (χ4n) is 2.98. The van der Waals surface area contributed by atoms with E-state index in [1.807, 2.05) is 24.3 Å². The van der Waals surface area contributed by atoms with Crippen LogP contribution in [0.15, 0.2) is 36.4 Å². The predicted octanol–water partition coefficient (Wildman–Crippen LogP) is 2.23. The molecule has 1 aromatic carbocycles. The second-order valence-corrected chi connectivity index (χ2v) is 5.42. The second kappa shape index (κ2) is 7.59. The maximum absolute atomic E-state index is 10.7. The van der Waals surface area contributed by atoms with Gasteiger partial charge in [0.25, 0.3) is 0 Å². The maximum atomic E-state index is 10.7. The van der Waals surface area contributed by atoms with Gasteiger partial charge in [0.05, 0.1) is 26.4 Å². The molecule has 1 aliphatic carbocycles. The SMILES string of the molecule is COC[C@@H]1[C@H](O)[C@H](c2cccc(OC)c2)C=C[C@@H]1COC. The molecule has 1 aromatic rings. The predicted molar refractivity (Wildman–Crippen MR) is 81.6 cm³/mol. The number of aliphatic hydroxyl groups excluding tert-OH is 1. The molecule has 1 N–H and O–H groups in total. The normalized spacial score (nSPS) is 28.6. The number of hydrogen-bond acceptors (Lipinski definition) is 4. The zero-order valence-corrected chi connectivity index (χ0v) is 12.9. The zero-order chi connectivity index (χ0) is 15.2. The van der Waals surface area contributed by atoms with Crippen molar-refractivity contribution in [1.29, 1.82) is 0 Å². The van der Waals surface area contributed by atoms with Crippen molar-refractivity contribution < 1.29 is 19.3 Å². The minimum absolute atomic E-state index is 0.0242. The Balaban J connectivity index is 2.25. The lowest BCUT2D eigenvalue weighted by Crippen LogP contribution is -2.39. The molecule has 0 spiro atoms. The molecule has 0 amide bonds. The molecule has 0 aliphatic heterocycles. The smallest absolute Gasteiger partial charge is 0.119 e. The third kappa shape index (κ3) is 3.64. The molecule has 4 atom stereocenters. The van der Waals surface area contributed by atoms with Gasteiger partial charge in [-0.3, -0.25) is 0 Å². The Labute approximate surface area is 126 Å².